The number of ether oxygens (including phenoxy) is 3. The van der Waals surface area contributed by atoms with Gasteiger partial charge in [0.2, 0.25) is 0 Å². The van der Waals surface area contributed by atoms with Crippen molar-refractivity contribution in [3.8, 4) is 5.75 Å². The number of nitrogens with zero attached hydrogens (tertiary/aromatic N) is 1. The lowest BCUT2D eigenvalue weighted by atomic mass is 10.1. The Bertz CT molecular complexity index is 524. The van der Waals surface area contributed by atoms with Gasteiger partial charge in [-0.1, -0.05) is 25.7 Å². The van der Waals surface area contributed by atoms with Crippen molar-refractivity contribution in [2.45, 2.75) is 57.5 Å². The SMILES string of the molecule is COCCCCCCCCN1CCC(Oc2ccc(C(=O)OC)cc2)CC1. The number of likely N-dealkylation sites (tertiary alicyclic amines) is 1. The molecule has 0 amide bonds. The van der Waals surface area contributed by atoms with E-state index in [1.165, 1.54) is 52.2 Å². The van der Waals surface area contributed by atoms with E-state index in [0.717, 1.165) is 38.3 Å². The van der Waals surface area contributed by atoms with Gasteiger partial charge in [0.1, 0.15) is 11.9 Å². The number of hydrogen-bond donors (Lipinski definition) is 0. The van der Waals surface area contributed by atoms with Crippen LogP contribution in [0, 0.1) is 0 Å². The summed E-state index contributed by atoms with van der Waals surface area (Å²) in [6, 6.07) is 7.22. The molecule has 0 atom stereocenters. The molecule has 1 aromatic rings. The summed E-state index contributed by atoms with van der Waals surface area (Å²) >= 11 is 0. The minimum atomic E-state index is -0.315. The Hall–Kier alpha value is -1.59. The summed E-state index contributed by atoms with van der Waals surface area (Å²) in [5.41, 5.74) is 0.554. The van der Waals surface area contributed by atoms with Crippen LogP contribution in [0.1, 0.15) is 61.7 Å². The predicted molar refractivity (Wildman–Crippen MR) is 107 cm³/mol. The quantitative estimate of drug-likeness (QED) is 0.401. The summed E-state index contributed by atoms with van der Waals surface area (Å²) in [5, 5.41) is 0. The van der Waals surface area contributed by atoms with Crippen LogP contribution in [0.4, 0.5) is 0 Å². The fraction of sp³-hybridized carbons (Fsp3) is 0.682. The van der Waals surface area contributed by atoms with Crippen molar-refractivity contribution >= 4 is 5.97 Å². The molecule has 2 rings (SSSR count). The van der Waals surface area contributed by atoms with E-state index in [1.54, 1.807) is 19.2 Å². The van der Waals surface area contributed by atoms with Gasteiger partial charge >= 0.3 is 5.97 Å². The molecule has 1 saturated heterocycles. The highest BCUT2D eigenvalue weighted by Gasteiger charge is 2.20. The van der Waals surface area contributed by atoms with E-state index in [0.29, 0.717) is 5.56 Å². The Morgan fingerprint density at radius 1 is 0.963 bits per heavy atom. The lowest BCUT2D eigenvalue weighted by molar-refractivity contribution is 0.0600. The first kappa shape index (κ1) is 21.7. The molecule has 1 fully saturated rings. The number of methoxy groups -OCH3 is 2. The Labute approximate surface area is 164 Å². The number of esters is 1. The van der Waals surface area contributed by atoms with Gasteiger partial charge < -0.3 is 19.1 Å². The van der Waals surface area contributed by atoms with E-state index in [1.807, 2.05) is 12.1 Å². The van der Waals surface area contributed by atoms with Crippen LogP contribution in [0.3, 0.4) is 0 Å². The minimum Gasteiger partial charge on any atom is -0.490 e. The highest BCUT2D eigenvalue weighted by molar-refractivity contribution is 5.89. The first-order valence-corrected chi connectivity index (χ1v) is 10.3. The second kappa shape index (κ2) is 12.7. The molecule has 0 aromatic heterocycles. The first-order valence-electron chi connectivity index (χ1n) is 10.3. The van der Waals surface area contributed by atoms with Crippen LogP contribution in [0.15, 0.2) is 24.3 Å². The van der Waals surface area contributed by atoms with E-state index < -0.39 is 0 Å². The van der Waals surface area contributed by atoms with Gasteiger partial charge in [0, 0.05) is 26.8 Å². The van der Waals surface area contributed by atoms with Crippen LogP contribution < -0.4 is 4.74 Å². The van der Waals surface area contributed by atoms with Gasteiger partial charge in [-0.2, -0.15) is 0 Å². The fourth-order valence-electron chi connectivity index (χ4n) is 3.52. The molecule has 0 aliphatic carbocycles. The predicted octanol–water partition coefficient (Wildman–Crippen LogP) is 4.30. The molecule has 1 heterocycles. The second-order valence-corrected chi connectivity index (χ2v) is 7.29. The summed E-state index contributed by atoms with van der Waals surface area (Å²) in [5.74, 6) is 0.513. The molecular weight excluding hydrogens is 342 g/mol. The van der Waals surface area contributed by atoms with Gasteiger partial charge in [-0.15, -0.1) is 0 Å². The van der Waals surface area contributed by atoms with Gasteiger partial charge in [-0.3, -0.25) is 0 Å². The van der Waals surface area contributed by atoms with Crippen LogP contribution in [0.25, 0.3) is 0 Å². The van der Waals surface area contributed by atoms with Gasteiger partial charge in [-0.25, -0.2) is 4.79 Å². The zero-order valence-electron chi connectivity index (χ0n) is 17.0. The summed E-state index contributed by atoms with van der Waals surface area (Å²) in [7, 11) is 3.17. The van der Waals surface area contributed by atoms with Gasteiger partial charge in [0.05, 0.1) is 12.7 Å². The maximum Gasteiger partial charge on any atom is 0.337 e. The van der Waals surface area contributed by atoms with E-state index in [9.17, 15) is 4.79 Å². The van der Waals surface area contributed by atoms with Crippen molar-refractivity contribution in [2.75, 3.05) is 40.5 Å². The standard InChI is InChI=1S/C22H35NO4/c1-25-18-8-6-4-3-5-7-15-23-16-13-21(14-17-23)27-20-11-9-19(10-12-20)22(24)26-2/h9-12,21H,3-8,13-18H2,1-2H3. The monoisotopic (exact) mass is 377 g/mol. The van der Waals surface area contributed by atoms with Crippen LogP contribution in [0.2, 0.25) is 0 Å². The molecule has 0 bridgehead atoms. The Kier molecular flexibility index (Phi) is 10.2. The number of rotatable bonds is 12. The van der Waals surface area contributed by atoms with Crippen LogP contribution >= 0.6 is 0 Å². The number of unbranched alkanes of at least 4 members (excludes halogenated alkanes) is 5. The lowest BCUT2D eigenvalue weighted by Gasteiger charge is -2.32. The average Bonchev–Trinajstić information content (AvgIpc) is 2.71. The number of benzene rings is 1. The lowest BCUT2D eigenvalue weighted by Crippen LogP contribution is -2.38. The molecule has 0 saturated carbocycles. The Morgan fingerprint density at radius 2 is 1.59 bits per heavy atom. The normalized spacial score (nSPS) is 15.6. The van der Waals surface area contributed by atoms with Gasteiger partial charge in [0.25, 0.3) is 0 Å². The highest BCUT2D eigenvalue weighted by atomic mass is 16.5. The zero-order valence-corrected chi connectivity index (χ0v) is 17.0. The molecule has 27 heavy (non-hydrogen) atoms. The molecule has 0 N–H and O–H groups in total. The van der Waals surface area contributed by atoms with Crippen LogP contribution in [-0.4, -0.2) is 57.4 Å². The third kappa shape index (κ3) is 8.31. The van der Waals surface area contributed by atoms with Gasteiger partial charge in [-0.05, 0) is 56.5 Å². The maximum absolute atomic E-state index is 11.5. The molecule has 152 valence electrons. The van der Waals surface area contributed by atoms with E-state index in [-0.39, 0.29) is 12.1 Å². The third-order valence-electron chi connectivity index (χ3n) is 5.19. The summed E-state index contributed by atoms with van der Waals surface area (Å²) in [4.78, 5) is 14.0. The molecule has 1 aliphatic rings. The van der Waals surface area contributed by atoms with Crippen molar-refractivity contribution < 1.29 is 19.0 Å². The van der Waals surface area contributed by atoms with E-state index in [2.05, 4.69) is 4.90 Å². The molecule has 0 unspecified atom stereocenters. The van der Waals surface area contributed by atoms with Gasteiger partial charge in [0.15, 0.2) is 0 Å². The fourth-order valence-corrected chi connectivity index (χ4v) is 3.52. The second-order valence-electron chi connectivity index (χ2n) is 7.29. The van der Waals surface area contributed by atoms with Crippen molar-refractivity contribution in [3.63, 3.8) is 0 Å². The highest BCUT2D eigenvalue weighted by Crippen LogP contribution is 2.20. The van der Waals surface area contributed by atoms with Crippen molar-refractivity contribution in [1.29, 1.82) is 0 Å². The molecular formula is C22H35NO4. The third-order valence-corrected chi connectivity index (χ3v) is 5.19. The zero-order chi connectivity index (χ0) is 19.3. The summed E-state index contributed by atoms with van der Waals surface area (Å²) in [6.45, 7) is 4.32. The van der Waals surface area contributed by atoms with Crippen LogP contribution in [0.5, 0.6) is 5.75 Å². The summed E-state index contributed by atoms with van der Waals surface area (Å²) < 4.78 is 15.9. The number of carbonyl (C=O) groups is 1. The van der Waals surface area contributed by atoms with Crippen molar-refractivity contribution in [2.24, 2.45) is 0 Å². The Morgan fingerprint density at radius 3 is 2.22 bits per heavy atom. The topological polar surface area (TPSA) is 48.0 Å². The molecule has 0 radical (unpaired) electrons. The van der Waals surface area contributed by atoms with Crippen molar-refractivity contribution in [1.82, 2.24) is 4.90 Å². The number of piperidine rings is 1. The molecule has 0 spiro atoms. The van der Waals surface area contributed by atoms with E-state index in [4.69, 9.17) is 14.2 Å². The maximum atomic E-state index is 11.5. The first-order chi connectivity index (χ1) is 13.2. The molecule has 1 aromatic carbocycles. The number of carbonyl (C=O) groups excluding carboxylic acids is 1. The molecule has 5 heteroatoms. The van der Waals surface area contributed by atoms with Crippen LogP contribution in [-0.2, 0) is 9.47 Å². The smallest absolute Gasteiger partial charge is 0.337 e. The number of hydrogen-bond acceptors (Lipinski definition) is 5. The molecule has 1 aliphatic heterocycles. The Balaban J connectivity index is 1.55. The average molecular weight is 378 g/mol. The summed E-state index contributed by atoms with van der Waals surface area (Å²) in [6.07, 6.45) is 10.2. The molecule has 5 nitrogen and oxygen atoms in total. The van der Waals surface area contributed by atoms with E-state index >= 15 is 0 Å². The minimum absolute atomic E-state index is 0.269. The largest absolute Gasteiger partial charge is 0.490 e. The van der Waals surface area contributed by atoms with Crippen molar-refractivity contribution in [3.05, 3.63) is 29.8 Å².